The van der Waals surface area contributed by atoms with Crippen molar-refractivity contribution in [3.8, 4) is 0 Å². The molecule has 6 nitrogen and oxygen atoms in total. The summed E-state index contributed by atoms with van der Waals surface area (Å²) in [4.78, 5) is 9.81. The molecule has 0 amide bonds. The predicted octanol–water partition coefficient (Wildman–Crippen LogP) is 4.28. The SMILES string of the molecule is CN1C2CCCC1CN(c1nc3cc(Cl)c(S(=O)(=O)N4[C@@H]5CC[C@H]4CC(F)C5)cc3s1)C2. The number of piperidine rings is 2. The number of sulfonamides is 1. The molecule has 32 heavy (non-hydrogen) atoms. The van der Waals surface area contributed by atoms with E-state index < -0.39 is 16.2 Å². The van der Waals surface area contributed by atoms with Crippen LogP contribution < -0.4 is 4.90 Å². The average Bonchev–Trinajstić information content (AvgIpc) is 3.26. The van der Waals surface area contributed by atoms with Crippen molar-refractivity contribution in [1.29, 1.82) is 0 Å². The number of anilines is 1. The first-order valence-corrected chi connectivity index (χ1v) is 14.2. The first-order chi connectivity index (χ1) is 15.3. The van der Waals surface area contributed by atoms with Crippen LogP contribution in [0.15, 0.2) is 17.0 Å². The van der Waals surface area contributed by atoms with Gasteiger partial charge in [0.2, 0.25) is 10.0 Å². The number of rotatable bonds is 3. The van der Waals surface area contributed by atoms with E-state index in [1.54, 1.807) is 27.8 Å². The highest BCUT2D eigenvalue weighted by Gasteiger charge is 2.48. The fourth-order valence-corrected chi connectivity index (χ4v) is 9.80. The molecule has 0 saturated carbocycles. The Hall–Kier alpha value is -1.00. The smallest absolute Gasteiger partial charge is 0.245 e. The highest BCUT2D eigenvalue weighted by Crippen LogP contribution is 2.43. The van der Waals surface area contributed by atoms with E-state index in [1.807, 2.05) is 0 Å². The van der Waals surface area contributed by atoms with Crippen molar-refractivity contribution in [3.63, 3.8) is 0 Å². The highest BCUT2D eigenvalue weighted by atomic mass is 35.5. The van der Waals surface area contributed by atoms with Gasteiger partial charge >= 0.3 is 0 Å². The van der Waals surface area contributed by atoms with Crippen molar-refractivity contribution in [2.45, 2.75) is 80.2 Å². The minimum Gasteiger partial charge on any atom is -0.345 e. The van der Waals surface area contributed by atoms with Crippen LogP contribution in [0.5, 0.6) is 0 Å². The Morgan fingerprint density at radius 2 is 1.72 bits per heavy atom. The molecule has 4 aliphatic rings. The zero-order valence-electron chi connectivity index (χ0n) is 18.1. The van der Waals surface area contributed by atoms with E-state index in [2.05, 4.69) is 16.8 Å². The second-order valence-electron chi connectivity index (χ2n) is 9.84. The first kappa shape index (κ1) is 21.5. The number of likely N-dealkylation sites (N-methyl/N-ethyl adjacent to an activating group) is 1. The molecule has 0 aliphatic carbocycles. The maximum atomic E-state index is 14.0. The molecule has 6 rings (SSSR count). The Labute approximate surface area is 197 Å². The zero-order valence-corrected chi connectivity index (χ0v) is 20.5. The van der Waals surface area contributed by atoms with Crippen LogP contribution in [0.1, 0.15) is 44.9 Å². The van der Waals surface area contributed by atoms with E-state index >= 15 is 0 Å². The van der Waals surface area contributed by atoms with E-state index in [9.17, 15) is 12.8 Å². The van der Waals surface area contributed by atoms with E-state index in [0.29, 0.717) is 12.1 Å². The van der Waals surface area contributed by atoms with Gasteiger partial charge in [-0.3, -0.25) is 4.90 Å². The van der Waals surface area contributed by atoms with Crippen molar-refractivity contribution in [2.24, 2.45) is 0 Å². The van der Waals surface area contributed by atoms with Gasteiger partial charge in [-0.05, 0) is 57.7 Å². The van der Waals surface area contributed by atoms with Crippen LogP contribution in [0.4, 0.5) is 9.52 Å². The van der Waals surface area contributed by atoms with Crippen LogP contribution in [-0.2, 0) is 10.0 Å². The fraction of sp³-hybridized carbons (Fsp3) is 0.682. The Bertz CT molecular complexity index is 1130. The van der Waals surface area contributed by atoms with Gasteiger partial charge in [0.25, 0.3) is 0 Å². The van der Waals surface area contributed by atoms with Crippen molar-refractivity contribution >= 4 is 48.3 Å². The maximum absolute atomic E-state index is 14.0. The van der Waals surface area contributed by atoms with Crippen LogP contribution in [0.25, 0.3) is 10.2 Å². The number of thiazole rings is 1. The molecule has 0 spiro atoms. The highest BCUT2D eigenvalue weighted by molar-refractivity contribution is 7.89. The first-order valence-electron chi connectivity index (χ1n) is 11.6. The van der Waals surface area contributed by atoms with Gasteiger partial charge in [-0.25, -0.2) is 17.8 Å². The molecule has 10 heteroatoms. The number of halogens is 2. The average molecular weight is 499 g/mol. The summed E-state index contributed by atoms with van der Waals surface area (Å²) in [7, 11) is -1.56. The van der Waals surface area contributed by atoms with Gasteiger partial charge in [0.1, 0.15) is 11.1 Å². The summed E-state index contributed by atoms with van der Waals surface area (Å²) in [5, 5.41) is 1.14. The lowest BCUT2D eigenvalue weighted by Gasteiger charge is -2.48. The zero-order chi connectivity index (χ0) is 22.2. The third kappa shape index (κ3) is 3.38. The van der Waals surface area contributed by atoms with Gasteiger partial charge in [-0.1, -0.05) is 29.4 Å². The van der Waals surface area contributed by atoms with Crippen molar-refractivity contribution in [1.82, 2.24) is 14.2 Å². The van der Waals surface area contributed by atoms with E-state index in [1.165, 1.54) is 19.3 Å². The van der Waals surface area contributed by atoms with Gasteiger partial charge < -0.3 is 4.90 Å². The molecule has 5 atom stereocenters. The molecule has 0 N–H and O–H groups in total. The Balaban J connectivity index is 1.33. The van der Waals surface area contributed by atoms with Crippen molar-refractivity contribution in [3.05, 3.63) is 17.2 Å². The Morgan fingerprint density at radius 1 is 1.06 bits per heavy atom. The van der Waals surface area contributed by atoms with Crippen LogP contribution >= 0.6 is 22.9 Å². The third-order valence-electron chi connectivity index (χ3n) is 7.95. The summed E-state index contributed by atoms with van der Waals surface area (Å²) < 4.78 is 43.5. The molecule has 4 fully saturated rings. The molecule has 3 unspecified atom stereocenters. The normalized spacial score (nSPS) is 33.8. The van der Waals surface area contributed by atoms with E-state index in [-0.39, 0.29) is 34.8 Å². The molecule has 1 aromatic heterocycles. The van der Waals surface area contributed by atoms with Gasteiger partial charge in [-0.2, -0.15) is 4.31 Å². The molecular formula is C22H28ClFN4O2S2. The van der Waals surface area contributed by atoms with Gasteiger partial charge in [-0.15, -0.1) is 0 Å². The monoisotopic (exact) mass is 498 g/mol. The number of nitrogens with zero attached hydrogens (tertiary/aromatic N) is 4. The second kappa shape index (κ2) is 7.77. The molecule has 0 radical (unpaired) electrons. The van der Waals surface area contributed by atoms with Crippen molar-refractivity contribution < 1.29 is 12.8 Å². The van der Waals surface area contributed by atoms with Crippen molar-refractivity contribution in [2.75, 3.05) is 25.0 Å². The Kier molecular flexibility index (Phi) is 5.22. The van der Waals surface area contributed by atoms with Crippen LogP contribution in [0, 0.1) is 0 Å². The van der Waals surface area contributed by atoms with Gasteiger partial charge in [0.15, 0.2) is 5.13 Å². The topological polar surface area (TPSA) is 56.8 Å². The molecule has 174 valence electrons. The van der Waals surface area contributed by atoms with E-state index in [4.69, 9.17) is 16.6 Å². The minimum absolute atomic E-state index is 0.131. The van der Waals surface area contributed by atoms with Gasteiger partial charge in [0.05, 0.1) is 15.2 Å². The lowest BCUT2D eigenvalue weighted by atomic mass is 9.92. The summed E-state index contributed by atoms with van der Waals surface area (Å²) in [5.74, 6) is 0. The summed E-state index contributed by atoms with van der Waals surface area (Å²) in [6.45, 7) is 1.90. The molecule has 4 saturated heterocycles. The lowest BCUT2D eigenvalue weighted by Crippen LogP contribution is -2.59. The molecular weight excluding hydrogens is 471 g/mol. The second-order valence-corrected chi connectivity index (χ2v) is 13.1. The number of alkyl halides is 1. The summed E-state index contributed by atoms with van der Waals surface area (Å²) in [6.07, 6.45) is 4.80. The number of fused-ring (bicyclic) bond motifs is 5. The van der Waals surface area contributed by atoms with Gasteiger partial charge in [0, 0.05) is 37.3 Å². The number of aromatic nitrogens is 1. The summed E-state index contributed by atoms with van der Waals surface area (Å²) in [6, 6.07) is 3.94. The molecule has 5 heterocycles. The predicted molar refractivity (Wildman–Crippen MR) is 126 cm³/mol. The van der Waals surface area contributed by atoms with E-state index in [0.717, 1.165) is 41.3 Å². The Morgan fingerprint density at radius 3 is 2.38 bits per heavy atom. The standard InChI is InChI=1S/C22H28ClFN4O2S2/c1-26-16-3-2-4-17(26)12-27(11-16)22-25-19-9-18(23)21(10-20(19)31-22)32(29,30)28-14-5-6-15(28)8-13(24)7-14/h9-10,13-17H,2-8,11-12H2,1H3/t13?,14-,15+,16?,17?. The molecule has 4 aliphatic heterocycles. The van der Waals surface area contributed by atoms with Crippen LogP contribution in [0.3, 0.4) is 0 Å². The molecule has 4 bridgehead atoms. The summed E-state index contributed by atoms with van der Waals surface area (Å²) in [5.41, 5.74) is 0.739. The molecule has 2 aromatic rings. The lowest BCUT2D eigenvalue weighted by molar-refractivity contribution is 0.0950. The van der Waals surface area contributed by atoms with Crippen LogP contribution in [0.2, 0.25) is 5.02 Å². The number of hydrogen-bond acceptors (Lipinski definition) is 6. The minimum atomic E-state index is -3.79. The molecule has 1 aromatic carbocycles. The summed E-state index contributed by atoms with van der Waals surface area (Å²) >= 11 is 8.05. The maximum Gasteiger partial charge on any atom is 0.245 e. The fourth-order valence-electron chi connectivity index (χ4n) is 6.30. The van der Waals surface area contributed by atoms with Crippen LogP contribution in [-0.4, -0.2) is 73.1 Å². The number of piperazine rings is 1. The quantitative estimate of drug-likeness (QED) is 0.632. The number of hydrogen-bond donors (Lipinski definition) is 0. The number of benzene rings is 1. The third-order valence-corrected chi connectivity index (χ3v) is 11.5. The largest absolute Gasteiger partial charge is 0.345 e.